The number of halogens is 1. The molecule has 3 rings (SSSR count). The molecule has 19 heavy (non-hydrogen) atoms. The van der Waals surface area contributed by atoms with Gasteiger partial charge in [0.15, 0.2) is 0 Å². The van der Waals surface area contributed by atoms with Crippen LogP contribution in [0.15, 0.2) is 59.5 Å². The summed E-state index contributed by atoms with van der Waals surface area (Å²) >= 11 is 5.94. The normalized spacial score (nSPS) is 10.8. The lowest BCUT2D eigenvalue weighted by molar-refractivity contribution is 0.647. The third-order valence-corrected chi connectivity index (χ3v) is 3.22. The maximum absolute atomic E-state index is 12.3. The van der Waals surface area contributed by atoms with Gasteiger partial charge in [0.25, 0.3) is 5.56 Å². The van der Waals surface area contributed by atoms with Gasteiger partial charge in [-0.1, -0.05) is 41.9 Å². The zero-order chi connectivity index (χ0) is 13.2. The molecule has 0 saturated carbocycles. The van der Waals surface area contributed by atoms with E-state index in [0.717, 1.165) is 10.9 Å². The van der Waals surface area contributed by atoms with Crippen LogP contribution in [-0.4, -0.2) is 9.78 Å². The summed E-state index contributed by atoms with van der Waals surface area (Å²) in [6.07, 6.45) is 1.71. The average molecular weight is 271 g/mol. The molecule has 0 unspecified atom stereocenters. The molecular formula is C15H11ClN2O. The van der Waals surface area contributed by atoms with Crippen molar-refractivity contribution in [3.63, 3.8) is 0 Å². The lowest BCUT2D eigenvalue weighted by Crippen LogP contribution is -2.23. The van der Waals surface area contributed by atoms with E-state index in [-0.39, 0.29) is 5.56 Å². The third-order valence-electron chi connectivity index (χ3n) is 2.98. The minimum atomic E-state index is -0.0851. The molecule has 0 aliphatic carbocycles. The van der Waals surface area contributed by atoms with Crippen LogP contribution in [0.5, 0.6) is 0 Å². The van der Waals surface area contributed by atoms with Crippen molar-refractivity contribution in [2.24, 2.45) is 0 Å². The predicted molar refractivity (Wildman–Crippen MR) is 76.6 cm³/mol. The van der Waals surface area contributed by atoms with Gasteiger partial charge in [-0.05, 0) is 23.8 Å². The second kappa shape index (κ2) is 4.86. The lowest BCUT2D eigenvalue weighted by Gasteiger charge is -2.06. The van der Waals surface area contributed by atoms with Crippen molar-refractivity contribution in [1.29, 1.82) is 0 Å². The molecule has 0 atom stereocenters. The van der Waals surface area contributed by atoms with E-state index < -0.39 is 0 Å². The molecule has 0 N–H and O–H groups in total. The number of aromatic nitrogens is 2. The molecule has 0 fully saturated rings. The van der Waals surface area contributed by atoms with Gasteiger partial charge >= 0.3 is 0 Å². The molecule has 0 bridgehead atoms. The fourth-order valence-corrected chi connectivity index (χ4v) is 2.26. The average Bonchev–Trinajstić information content (AvgIpc) is 2.42. The summed E-state index contributed by atoms with van der Waals surface area (Å²) in [5.74, 6) is 0. The third kappa shape index (κ3) is 2.37. The van der Waals surface area contributed by atoms with Crippen LogP contribution in [0.3, 0.4) is 0 Å². The summed E-state index contributed by atoms with van der Waals surface area (Å²) in [5.41, 5.74) is 0.871. The molecule has 0 spiro atoms. The van der Waals surface area contributed by atoms with Crippen LogP contribution in [0.1, 0.15) is 5.56 Å². The number of rotatable bonds is 2. The maximum Gasteiger partial charge on any atom is 0.274 e. The number of hydrogen-bond acceptors (Lipinski definition) is 2. The lowest BCUT2D eigenvalue weighted by atomic mass is 10.2. The van der Waals surface area contributed by atoms with E-state index in [4.69, 9.17) is 11.6 Å². The highest BCUT2D eigenvalue weighted by Crippen LogP contribution is 2.12. The summed E-state index contributed by atoms with van der Waals surface area (Å²) < 4.78 is 1.45. The quantitative estimate of drug-likeness (QED) is 0.717. The van der Waals surface area contributed by atoms with Gasteiger partial charge in [0.05, 0.1) is 18.1 Å². The second-order valence-corrected chi connectivity index (χ2v) is 4.76. The Labute approximate surface area is 115 Å². The van der Waals surface area contributed by atoms with Crippen molar-refractivity contribution in [1.82, 2.24) is 9.78 Å². The highest BCUT2D eigenvalue weighted by Gasteiger charge is 2.04. The van der Waals surface area contributed by atoms with Crippen molar-refractivity contribution in [3.8, 4) is 0 Å². The summed E-state index contributed by atoms with van der Waals surface area (Å²) in [5, 5.41) is 6.39. The van der Waals surface area contributed by atoms with E-state index in [1.807, 2.05) is 48.5 Å². The summed E-state index contributed by atoms with van der Waals surface area (Å²) in [6, 6.07) is 14.9. The van der Waals surface area contributed by atoms with Gasteiger partial charge in [-0.3, -0.25) is 4.79 Å². The first-order valence-corrected chi connectivity index (χ1v) is 6.31. The summed E-state index contributed by atoms with van der Waals surface area (Å²) in [7, 11) is 0. The van der Waals surface area contributed by atoms with Crippen LogP contribution < -0.4 is 5.56 Å². The van der Waals surface area contributed by atoms with E-state index in [2.05, 4.69) is 5.10 Å². The molecular weight excluding hydrogens is 260 g/mol. The highest BCUT2D eigenvalue weighted by molar-refractivity contribution is 6.30. The SMILES string of the molecule is O=c1c2ccccc2cnn1Cc1cccc(Cl)c1. The number of benzene rings is 2. The van der Waals surface area contributed by atoms with Gasteiger partial charge in [-0.2, -0.15) is 5.10 Å². The Morgan fingerprint density at radius 3 is 2.79 bits per heavy atom. The topological polar surface area (TPSA) is 34.9 Å². The molecule has 1 heterocycles. The minimum Gasteiger partial charge on any atom is -0.267 e. The molecule has 0 amide bonds. The van der Waals surface area contributed by atoms with Gasteiger partial charge < -0.3 is 0 Å². The van der Waals surface area contributed by atoms with Gasteiger partial charge in [0.2, 0.25) is 0 Å². The fraction of sp³-hybridized carbons (Fsp3) is 0.0667. The van der Waals surface area contributed by atoms with Gasteiger partial charge in [-0.25, -0.2) is 4.68 Å². The van der Waals surface area contributed by atoms with Crippen molar-refractivity contribution < 1.29 is 0 Å². The highest BCUT2D eigenvalue weighted by atomic mass is 35.5. The Kier molecular flexibility index (Phi) is 3.05. The maximum atomic E-state index is 12.3. The van der Waals surface area contributed by atoms with E-state index in [9.17, 15) is 4.79 Å². The van der Waals surface area contributed by atoms with Crippen molar-refractivity contribution >= 4 is 22.4 Å². The first kappa shape index (κ1) is 11.9. The molecule has 3 aromatic rings. The van der Waals surface area contributed by atoms with Crippen LogP contribution in [0.25, 0.3) is 10.8 Å². The van der Waals surface area contributed by atoms with Gasteiger partial charge in [0.1, 0.15) is 0 Å². The largest absolute Gasteiger partial charge is 0.274 e. The van der Waals surface area contributed by atoms with E-state index >= 15 is 0 Å². The predicted octanol–water partition coefficient (Wildman–Crippen LogP) is 3.10. The Morgan fingerprint density at radius 2 is 1.95 bits per heavy atom. The molecule has 4 heteroatoms. The zero-order valence-electron chi connectivity index (χ0n) is 10.1. The van der Waals surface area contributed by atoms with Crippen LogP contribution in [0.2, 0.25) is 5.02 Å². The zero-order valence-corrected chi connectivity index (χ0v) is 10.8. The van der Waals surface area contributed by atoms with Gasteiger partial charge in [-0.15, -0.1) is 0 Å². The van der Waals surface area contributed by atoms with E-state index in [0.29, 0.717) is 17.0 Å². The Balaban J connectivity index is 2.06. The van der Waals surface area contributed by atoms with E-state index in [1.54, 1.807) is 6.20 Å². The first-order valence-electron chi connectivity index (χ1n) is 5.93. The van der Waals surface area contributed by atoms with Crippen LogP contribution in [-0.2, 0) is 6.54 Å². The molecule has 2 aromatic carbocycles. The second-order valence-electron chi connectivity index (χ2n) is 4.32. The number of hydrogen-bond donors (Lipinski definition) is 0. The molecule has 3 nitrogen and oxygen atoms in total. The molecule has 0 aliphatic heterocycles. The molecule has 0 aliphatic rings. The monoisotopic (exact) mass is 270 g/mol. The molecule has 94 valence electrons. The van der Waals surface area contributed by atoms with Crippen LogP contribution in [0.4, 0.5) is 0 Å². The van der Waals surface area contributed by atoms with Crippen molar-refractivity contribution in [2.45, 2.75) is 6.54 Å². The standard InChI is InChI=1S/C15H11ClN2O/c16-13-6-3-4-11(8-13)10-18-15(19)14-7-2-1-5-12(14)9-17-18/h1-9H,10H2. The minimum absolute atomic E-state index is 0.0851. The first-order chi connectivity index (χ1) is 9.24. The number of fused-ring (bicyclic) bond motifs is 1. The number of nitrogens with zero attached hydrogens (tertiary/aromatic N) is 2. The molecule has 0 saturated heterocycles. The summed E-state index contributed by atoms with van der Waals surface area (Å²) in [4.78, 5) is 12.3. The Bertz CT molecular complexity index is 795. The van der Waals surface area contributed by atoms with Crippen molar-refractivity contribution in [2.75, 3.05) is 0 Å². The van der Waals surface area contributed by atoms with Gasteiger partial charge in [0, 0.05) is 10.4 Å². The molecule has 1 aromatic heterocycles. The van der Waals surface area contributed by atoms with E-state index in [1.165, 1.54) is 4.68 Å². The Morgan fingerprint density at radius 1 is 1.11 bits per heavy atom. The van der Waals surface area contributed by atoms with Crippen molar-refractivity contribution in [3.05, 3.63) is 75.7 Å². The fourth-order valence-electron chi connectivity index (χ4n) is 2.05. The Hall–Kier alpha value is -2.13. The smallest absolute Gasteiger partial charge is 0.267 e. The van der Waals surface area contributed by atoms with Crippen LogP contribution in [0, 0.1) is 0 Å². The summed E-state index contributed by atoms with van der Waals surface area (Å²) in [6.45, 7) is 0.421. The van der Waals surface area contributed by atoms with Crippen LogP contribution >= 0.6 is 11.6 Å². The molecule has 0 radical (unpaired) electrons.